The van der Waals surface area contributed by atoms with Gasteiger partial charge in [0, 0.05) is 30.9 Å². The van der Waals surface area contributed by atoms with Gasteiger partial charge in [0.2, 0.25) is 5.65 Å². The highest BCUT2D eigenvalue weighted by atomic mass is 15.3. The summed E-state index contributed by atoms with van der Waals surface area (Å²) in [6.45, 7) is 1.07. The van der Waals surface area contributed by atoms with Crippen LogP contribution in [0.2, 0.25) is 0 Å². The standard InChI is InChI=1S/C19H22N6/c1-24-11-9-15(16(24)13-5-3-2-4-6-13)21-17-19-23-22-18(14-7-8-14)25(19)12-10-20-17/h2-6,10,12,14-16H,7-9,11H2,1H3,(H,20,21)/t15-,16-/m1/s1. The summed E-state index contributed by atoms with van der Waals surface area (Å²) in [5, 5.41) is 12.5. The van der Waals surface area contributed by atoms with E-state index in [1.807, 2.05) is 12.4 Å². The van der Waals surface area contributed by atoms with Gasteiger partial charge in [-0.2, -0.15) is 0 Å². The van der Waals surface area contributed by atoms with Crippen LogP contribution in [0.25, 0.3) is 5.65 Å². The predicted molar refractivity (Wildman–Crippen MR) is 96.6 cm³/mol. The van der Waals surface area contributed by atoms with Crippen LogP contribution in [-0.2, 0) is 0 Å². The molecule has 0 radical (unpaired) electrons. The van der Waals surface area contributed by atoms with Crippen molar-refractivity contribution in [1.29, 1.82) is 0 Å². The van der Waals surface area contributed by atoms with E-state index in [0.717, 1.165) is 30.3 Å². The first-order chi connectivity index (χ1) is 12.3. The summed E-state index contributed by atoms with van der Waals surface area (Å²) in [4.78, 5) is 6.97. The van der Waals surface area contributed by atoms with Crippen molar-refractivity contribution in [3.8, 4) is 0 Å². The normalized spacial score (nSPS) is 24.0. The first-order valence-corrected chi connectivity index (χ1v) is 9.02. The second-order valence-corrected chi connectivity index (χ2v) is 7.18. The monoisotopic (exact) mass is 334 g/mol. The van der Waals surface area contributed by atoms with E-state index in [0.29, 0.717) is 18.0 Å². The highest BCUT2D eigenvalue weighted by Crippen LogP contribution is 2.39. The summed E-state index contributed by atoms with van der Waals surface area (Å²) in [6.07, 6.45) is 7.34. The van der Waals surface area contributed by atoms with E-state index in [1.165, 1.54) is 18.4 Å². The SMILES string of the molecule is CN1CC[C@@H](Nc2nccn3c(C4CC4)nnc23)[C@H]1c1ccccc1. The molecule has 3 heterocycles. The molecule has 1 aliphatic heterocycles. The zero-order chi connectivity index (χ0) is 16.8. The Balaban J connectivity index is 1.47. The number of nitrogens with zero attached hydrogens (tertiary/aromatic N) is 5. The molecule has 6 nitrogen and oxygen atoms in total. The van der Waals surface area contributed by atoms with Gasteiger partial charge in [-0.05, 0) is 31.9 Å². The summed E-state index contributed by atoms with van der Waals surface area (Å²) in [5.74, 6) is 2.48. The van der Waals surface area contributed by atoms with Crippen LogP contribution < -0.4 is 5.32 Å². The summed E-state index contributed by atoms with van der Waals surface area (Å²) < 4.78 is 2.10. The van der Waals surface area contributed by atoms with Crippen LogP contribution in [0.3, 0.4) is 0 Å². The fourth-order valence-electron chi connectivity index (χ4n) is 3.98. The molecule has 6 heteroatoms. The van der Waals surface area contributed by atoms with Crippen LogP contribution in [0.15, 0.2) is 42.7 Å². The number of fused-ring (bicyclic) bond motifs is 1. The number of hydrogen-bond donors (Lipinski definition) is 1. The van der Waals surface area contributed by atoms with Crippen molar-refractivity contribution in [2.75, 3.05) is 18.9 Å². The largest absolute Gasteiger partial charge is 0.362 e. The third-order valence-electron chi connectivity index (χ3n) is 5.41. The molecule has 1 aromatic carbocycles. The molecule has 0 unspecified atom stereocenters. The van der Waals surface area contributed by atoms with Crippen molar-refractivity contribution in [3.63, 3.8) is 0 Å². The van der Waals surface area contributed by atoms with Crippen LogP contribution in [0.1, 0.15) is 42.6 Å². The fraction of sp³-hybridized carbons (Fsp3) is 0.421. The topological polar surface area (TPSA) is 58.4 Å². The van der Waals surface area contributed by atoms with Crippen LogP contribution in [0.4, 0.5) is 5.82 Å². The number of likely N-dealkylation sites (tertiary alicyclic amines) is 1. The third kappa shape index (κ3) is 2.57. The van der Waals surface area contributed by atoms with Crippen molar-refractivity contribution >= 4 is 11.5 Å². The smallest absolute Gasteiger partial charge is 0.203 e. The van der Waals surface area contributed by atoms with Crippen LogP contribution in [0.5, 0.6) is 0 Å². The first kappa shape index (κ1) is 14.8. The minimum absolute atomic E-state index is 0.312. The molecule has 2 aromatic heterocycles. The summed E-state index contributed by atoms with van der Waals surface area (Å²) >= 11 is 0. The average Bonchev–Trinajstić information content (AvgIpc) is 3.29. The van der Waals surface area contributed by atoms with Gasteiger partial charge in [-0.3, -0.25) is 9.30 Å². The molecular formula is C19H22N6. The average molecular weight is 334 g/mol. The van der Waals surface area contributed by atoms with Gasteiger partial charge in [0.1, 0.15) is 5.82 Å². The molecule has 2 aliphatic rings. The molecule has 1 saturated carbocycles. The van der Waals surface area contributed by atoms with Gasteiger partial charge in [0.05, 0.1) is 6.04 Å². The van der Waals surface area contributed by atoms with Gasteiger partial charge in [-0.15, -0.1) is 10.2 Å². The molecule has 128 valence electrons. The Morgan fingerprint density at radius 1 is 1.08 bits per heavy atom. The van der Waals surface area contributed by atoms with Gasteiger partial charge in [-0.25, -0.2) is 4.98 Å². The molecule has 1 aliphatic carbocycles. The Hall–Kier alpha value is -2.47. The maximum absolute atomic E-state index is 4.56. The highest BCUT2D eigenvalue weighted by Gasteiger charge is 2.34. The van der Waals surface area contributed by atoms with Gasteiger partial charge in [0.25, 0.3) is 0 Å². The molecule has 5 rings (SSSR count). The molecule has 0 spiro atoms. The second-order valence-electron chi connectivity index (χ2n) is 7.18. The Bertz CT molecular complexity index is 885. The lowest BCUT2D eigenvalue weighted by Crippen LogP contribution is -2.29. The third-order valence-corrected chi connectivity index (χ3v) is 5.41. The van der Waals surface area contributed by atoms with Gasteiger partial charge >= 0.3 is 0 Å². The summed E-state index contributed by atoms with van der Waals surface area (Å²) in [7, 11) is 2.19. The number of likely N-dealkylation sites (N-methyl/N-ethyl adjacent to an activating group) is 1. The lowest BCUT2D eigenvalue weighted by atomic mass is 10.0. The number of hydrogen-bond acceptors (Lipinski definition) is 5. The van der Waals surface area contributed by atoms with E-state index < -0.39 is 0 Å². The van der Waals surface area contributed by atoms with E-state index in [2.05, 4.69) is 67.2 Å². The molecule has 0 bridgehead atoms. The summed E-state index contributed by atoms with van der Waals surface area (Å²) in [6, 6.07) is 11.4. The Morgan fingerprint density at radius 2 is 1.92 bits per heavy atom. The van der Waals surface area contributed by atoms with Crippen molar-refractivity contribution in [1.82, 2.24) is 24.5 Å². The minimum Gasteiger partial charge on any atom is -0.362 e. The van der Waals surface area contributed by atoms with E-state index in [4.69, 9.17) is 0 Å². The quantitative estimate of drug-likeness (QED) is 0.795. The molecular weight excluding hydrogens is 312 g/mol. The second kappa shape index (κ2) is 5.81. The van der Waals surface area contributed by atoms with Crippen LogP contribution in [-0.4, -0.2) is 44.1 Å². The van der Waals surface area contributed by atoms with Crippen molar-refractivity contribution in [2.24, 2.45) is 0 Å². The lowest BCUT2D eigenvalue weighted by Gasteiger charge is -2.26. The maximum Gasteiger partial charge on any atom is 0.203 e. The highest BCUT2D eigenvalue weighted by molar-refractivity contribution is 5.63. The molecule has 1 N–H and O–H groups in total. The van der Waals surface area contributed by atoms with Crippen molar-refractivity contribution in [3.05, 3.63) is 54.1 Å². The van der Waals surface area contributed by atoms with Crippen LogP contribution >= 0.6 is 0 Å². The number of aromatic nitrogens is 4. The zero-order valence-corrected chi connectivity index (χ0v) is 14.3. The van der Waals surface area contributed by atoms with E-state index in [1.54, 1.807) is 0 Å². The molecule has 25 heavy (non-hydrogen) atoms. The minimum atomic E-state index is 0.312. The molecule has 2 atom stereocenters. The van der Waals surface area contributed by atoms with E-state index in [9.17, 15) is 0 Å². The van der Waals surface area contributed by atoms with Gasteiger partial charge in [-0.1, -0.05) is 30.3 Å². The number of nitrogens with one attached hydrogen (secondary N) is 1. The molecule has 2 fully saturated rings. The number of benzene rings is 1. The first-order valence-electron chi connectivity index (χ1n) is 9.02. The fourth-order valence-corrected chi connectivity index (χ4v) is 3.98. The van der Waals surface area contributed by atoms with E-state index >= 15 is 0 Å². The zero-order valence-electron chi connectivity index (χ0n) is 14.3. The molecule has 3 aromatic rings. The summed E-state index contributed by atoms with van der Waals surface area (Å²) in [5.41, 5.74) is 2.18. The maximum atomic E-state index is 4.56. The number of rotatable bonds is 4. The van der Waals surface area contributed by atoms with Crippen molar-refractivity contribution < 1.29 is 0 Å². The Labute approximate surface area is 146 Å². The Morgan fingerprint density at radius 3 is 2.72 bits per heavy atom. The van der Waals surface area contributed by atoms with Gasteiger partial charge in [0.15, 0.2) is 5.82 Å². The lowest BCUT2D eigenvalue weighted by molar-refractivity contribution is 0.309. The predicted octanol–water partition coefficient (Wildman–Crippen LogP) is 2.86. The molecule has 0 amide bonds. The van der Waals surface area contributed by atoms with Crippen LogP contribution in [0, 0.1) is 0 Å². The van der Waals surface area contributed by atoms with E-state index in [-0.39, 0.29) is 0 Å². The van der Waals surface area contributed by atoms with Gasteiger partial charge < -0.3 is 5.32 Å². The number of anilines is 1. The Kier molecular flexibility index (Phi) is 3.45. The van der Waals surface area contributed by atoms with Crippen molar-refractivity contribution in [2.45, 2.75) is 37.3 Å². The molecule has 1 saturated heterocycles.